The van der Waals surface area contributed by atoms with Gasteiger partial charge >= 0.3 is 0 Å². The number of amides is 2. The molecule has 1 heterocycles. The molecule has 2 atom stereocenters. The first-order chi connectivity index (χ1) is 22.2. The molecule has 45 heavy (non-hydrogen) atoms. The van der Waals surface area contributed by atoms with Gasteiger partial charge in [-0.15, -0.1) is 0 Å². The highest BCUT2D eigenvalue weighted by atomic mass is 16.5. The number of ether oxygens (including phenoxy) is 2. The van der Waals surface area contributed by atoms with Crippen LogP contribution < -0.4 is 16.0 Å². The summed E-state index contributed by atoms with van der Waals surface area (Å²) in [5, 5.41) is 8.84. The van der Waals surface area contributed by atoms with Crippen LogP contribution in [0.4, 0.5) is 0 Å². The Balaban J connectivity index is 2.15. The second-order valence-corrected chi connectivity index (χ2v) is 13.5. The molecule has 0 radical (unpaired) electrons. The fourth-order valence-electron chi connectivity index (χ4n) is 6.14. The molecule has 0 saturated carbocycles. The van der Waals surface area contributed by atoms with E-state index >= 15 is 0 Å². The van der Waals surface area contributed by atoms with Crippen molar-refractivity contribution in [2.75, 3.05) is 39.5 Å². The van der Waals surface area contributed by atoms with E-state index in [9.17, 15) is 9.59 Å². The zero-order valence-electron chi connectivity index (χ0n) is 29.9. The minimum absolute atomic E-state index is 0.0879. The minimum atomic E-state index is -0.286. The average Bonchev–Trinajstić information content (AvgIpc) is 3.59. The van der Waals surface area contributed by atoms with Crippen molar-refractivity contribution >= 4 is 11.8 Å². The predicted molar refractivity (Wildman–Crippen MR) is 190 cm³/mol. The van der Waals surface area contributed by atoms with E-state index in [4.69, 9.17) is 9.47 Å². The predicted octanol–water partition coefficient (Wildman–Crippen LogP) is 8.77. The number of carbonyl (C=O) groups is 2. The van der Waals surface area contributed by atoms with Crippen molar-refractivity contribution in [3.63, 3.8) is 0 Å². The Hall–Kier alpha value is -1.02. The van der Waals surface area contributed by atoms with E-state index in [0.717, 1.165) is 45.4 Å². The highest BCUT2D eigenvalue weighted by Gasteiger charge is 2.23. The molecule has 0 spiro atoms. The Bertz CT molecular complexity index is 657. The number of hydrogen-bond donors (Lipinski definition) is 3. The zero-order valence-corrected chi connectivity index (χ0v) is 29.9. The highest BCUT2D eigenvalue weighted by Crippen LogP contribution is 2.13. The van der Waals surface area contributed by atoms with Gasteiger partial charge in [0.05, 0.1) is 25.3 Å². The van der Waals surface area contributed by atoms with Crippen molar-refractivity contribution in [2.24, 2.45) is 0 Å². The maximum absolute atomic E-state index is 12.3. The van der Waals surface area contributed by atoms with Crippen LogP contribution in [0.1, 0.15) is 181 Å². The van der Waals surface area contributed by atoms with Crippen molar-refractivity contribution in [3.05, 3.63) is 0 Å². The third kappa shape index (κ3) is 27.8. The largest absolute Gasteiger partial charge is 0.379 e. The maximum atomic E-state index is 12.3. The van der Waals surface area contributed by atoms with Gasteiger partial charge in [0, 0.05) is 19.8 Å². The smallest absolute Gasteiger partial charge is 0.243 e. The van der Waals surface area contributed by atoms with Gasteiger partial charge in [-0.2, -0.15) is 0 Å². The van der Waals surface area contributed by atoms with E-state index < -0.39 is 0 Å². The summed E-state index contributed by atoms with van der Waals surface area (Å²) in [4.78, 5) is 24.5. The summed E-state index contributed by atoms with van der Waals surface area (Å²) in [6.45, 7) is 8.06. The molecule has 0 aromatic carbocycles. The van der Waals surface area contributed by atoms with E-state index in [1.54, 1.807) is 0 Å². The Morgan fingerprint density at radius 1 is 0.667 bits per heavy atom. The number of nitrogens with one attached hydrogen (secondary N) is 3. The van der Waals surface area contributed by atoms with Gasteiger partial charge in [-0.1, -0.05) is 155 Å². The molecule has 266 valence electrons. The molecule has 1 aliphatic heterocycles. The molecule has 1 fully saturated rings. The van der Waals surface area contributed by atoms with Gasteiger partial charge in [-0.25, -0.2) is 0 Å². The average molecular weight is 638 g/mol. The fourth-order valence-corrected chi connectivity index (χ4v) is 6.14. The number of rotatable bonds is 34. The Kier molecular flexibility index (Phi) is 30.7. The maximum Gasteiger partial charge on any atom is 0.243 e. The third-order valence-corrected chi connectivity index (χ3v) is 9.09. The molecule has 1 aliphatic rings. The highest BCUT2D eigenvalue weighted by molar-refractivity contribution is 5.98. The SMILES string of the molecule is CCCCCCCCCCCCCCOCC(CNCC(=O)NC(=O)[C@@H]1CCCN1)OCCCCCCCCCCCCCC. The van der Waals surface area contributed by atoms with Gasteiger partial charge in [0.25, 0.3) is 0 Å². The topological polar surface area (TPSA) is 88.7 Å². The molecular formula is C38H75N3O4. The molecule has 0 aliphatic carbocycles. The third-order valence-electron chi connectivity index (χ3n) is 9.09. The molecule has 0 aromatic rings. The summed E-state index contributed by atoms with van der Waals surface area (Å²) in [7, 11) is 0. The summed E-state index contributed by atoms with van der Waals surface area (Å²) >= 11 is 0. The molecule has 7 heteroatoms. The number of imide groups is 1. The van der Waals surface area contributed by atoms with Gasteiger partial charge in [0.2, 0.25) is 11.8 Å². The van der Waals surface area contributed by atoms with Crippen molar-refractivity contribution in [1.29, 1.82) is 0 Å². The van der Waals surface area contributed by atoms with Crippen LogP contribution in [0.2, 0.25) is 0 Å². The summed E-state index contributed by atoms with van der Waals surface area (Å²) in [5.41, 5.74) is 0. The van der Waals surface area contributed by atoms with Crippen molar-refractivity contribution in [1.82, 2.24) is 16.0 Å². The monoisotopic (exact) mass is 638 g/mol. The second-order valence-electron chi connectivity index (χ2n) is 13.5. The summed E-state index contributed by atoms with van der Waals surface area (Å²) < 4.78 is 12.2. The van der Waals surface area contributed by atoms with Crippen molar-refractivity contribution in [2.45, 2.75) is 193 Å². The Labute approximate surface area is 278 Å². The van der Waals surface area contributed by atoms with E-state index in [1.807, 2.05) is 0 Å². The van der Waals surface area contributed by atoms with E-state index in [-0.39, 0.29) is 30.5 Å². The van der Waals surface area contributed by atoms with Gasteiger partial charge < -0.3 is 20.1 Å². The molecule has 0 bridgehead atoms. The molecule has 3 N–H and O–H groups in total. The van der Waals surface area contributed by atoms with Crippen LogP contribution in [0.5, 0.6) is 0 Å². The van der Waals surface area contributed by atoms with E-state index in [2.05, 4.69) is 29.8 Å². The van der Waals surface area contributed by atoms with Crippen molar-refractivity contribution in [3.8, 4) is 0 Å². The van der Waals surface area contributed by atoms with Crippen molar-refractivity contribution < 1.29 is 19.1 Å². The first-order valence-corrected chi connectivity index (χ1v) is 19.6. The fraction of sp³-hybridized carbons (Fsp3) is 0.947. The van der Waals surface area contributed by atoms with Crippen LogP contribution in [0, 0.1) is 0 Å². The molecule has 1 rings (SSSR count). The van der Waals surface area contributed by atoms with E-state index in [0.29, 0.717) is 13.2 Å². The molecule has 2 amide bonds. The van der Waals surface area contributed by atoms with Crippen LogP contribution in [0.15, 0.2) is 0 Å². The second kappa shape index (κ2) is 32.9. The molecule has 7 nitrogen and oxygen atoms in total. The van der Waals surface area contributed by atoms with Crippen LogP contribution in [-0.4, -0.2) is 63.4 Å². The molecule has 1 saturated heterocycles. The molecule has 1 unspecified atom stereocenters. The summed E-state index contributed by atoms with van der Waals surface area (Å²) in [6.07, 6.45) is 33.7. The summed E-state index contributed by atoms with van der Waals surface area (Å²) in [6, 6.07) is -0.241. The lowest BCUT2D eigenvalue weighted by atomic mass is 10.1. The quantitative estimate of drug-likeness (QED) is 0.0612. The molecular weight excluding hydrogens is 562 g/mol. The Morgan fingerprint density at radius 3 is 1.60 bits per heavy atom. The number of carbonyl (C=O) groups excluding carboxylic acids is 2. The zero-order chi connectivity index (χ0) is 32.5. The lowest BCUT2D eigenvalue weighted by Crippen LogP contribution is -2.47. The lowest BCUT2D eigenvalue weighted by Gasteiger charge is -2.19. The molecule has 0 aromatic heterocycles. The van der Waals surface area contributed by atoms with Crippen LogP contribution in [0.25, 0.3) is 0 Å². The van der Waals surface area contributed by atoms with Gasteiger partial charge in [-0.05, 0) is 32.2 Å². The number of hydrogen-bond acceptors (Lipinski definition) is 6. The normalized spacial score (nSPS) is 15.5. The summed E-state index contributed by atoms with van der Waals surface area (Å²) in [5.74, 6) is -0.504. The minimum Gasteiger partial charge on any atom is -0.379 e. The number of unbranched alkanes of at least 4 members (excludes halogenated alkanes) is 22. The van der Waals surface area contributed by atoms with E-state index in [1.165, 1.54) is 141 Å². The first kappa shape index (κ1) is 42.0. The lowest BCUT2D eigenvalue weighted by molar-refractivity contribution is -0.131. The van der Waals surface area contributed by atoms with Gasteiger partial charge in [-0.3, -0.25) is 14.9 Å². The van der Waals surface area contributed by atoms with Crippen LogP contribution in [-0.2, 0) is 19.1 Å². The van der Waals surface area contributed by atoms with Gasteiger partial charge in [0.1, 0.15) is 0 Å². The van der Waals surface area contributed by atoms with Crippen LogP contribution in [0.3, 0.4) is 0 Å². The van der Waals surface area contributed by atoms with Crippen LogP contribution >= 0.6 is 0 Å². The first-order valence-electron chi connectivity index (χ1n) is 19.6. The Morgan fingerprint density at radius 2 is 1.13 bits per heavy atom. The standard InChI is InChI=1S/C38H75N3O4/c1-3-5-7-9-11-13-15-17-19-21-23-25-30-44-34-35(32-39-33-37(42)41-38(43)36-28-27-29-40-36)45-31-26-24-22-20-18-16-14-12-10-8-6-4-2/h35-36,39-40H,3-34H2,1-2H3,(H,41,42,43)/t35?,36-/m0/s1. The van der Waals surface area contributed by atoms with Gasteiger partial charge in [0.15, 0.2) is 0 Å².